The van der Waals surface area contributed by atoms with Gasteiger partial charge < -0.3 is 10.6 Å². The second-order valence-corrected chi connectivity index (χ2v) is 5.46. The Balaban J connectivity index is 1.80. The van der Waals surface area contributed by atoms with Gasteiger partial charge in [0, 0.05) is 37.9 Å². The fourth-order valence-electron chi connectivity index (χ4n) is 3.20. The van der Waals surface area contributed by atoms with E-state index in [-0.39, 0.29) is 0 Å². The van der Waals surface area contributed by atoms with Crippen LogP contribution in [0.5, 0.6) is 0 Å². The number of anilines is 1. The van der Waals surface area contributed by atoms with Crippen molar-refractivity contribution in [2.24, 2.45) is 5.73 Å². The van der Waals surface area contributed by atoms with Gasteiger partial charge in [0.25, 0.3) is 0 Å². The number of hydrogen-bond donors (Lipinski definition) is 1. The lowest BCUT2D eigenvalue weighted by molar-refractivity contribution is 0.230. The van der Waals surface area contributed by atoms with Crippen LogP contribution in [-0.2, 0) is 6.54 Å². The van der Waals surface area contributed by atoms with Gasteiger partial charge in [-0.3, -0.25) is 4.90 Å². The molecule has 4 nitrogen and oxygen atoms in total. The first kappa shape index (κ1) is 11.9. The molecule has 0 aliphatic carbocycles. The van der Waals surface area contributed by atoms with Gasteiger partial charge in [0.1, 0.15) is 5.82 Å². The summed E-state index contributed by atoms with van der Waals surface area (Å²) < 4.78 is 0. The molecule has 2 fully saturated rings. The molecule has 3 heterocycles. The van der Waals surface area contributed by atoms with E-state index in [4.69, 9.17) is 5.73 Å². The van der Waals surface area contributed by atoms with Crippen molar-refractivity contribution in [3.63, 3.8) is 0 Å². The molecule has 98 valence electrons. The Morgan fingerprint density at radius 2 is 2.22 bits per heavy atom. The highest BCUT2D eigenvalue weighted by Gasteiger charge is 2.30. The normalized spacial score (nSPS) is 24.3. The van der Waals surface area contributed by atoms with Crippen LogP contribution in [0.1, 0.15) is 24.1 Å². The van der Waals surface area contributed by atoms with Crippen LogP contribution in [-0.4, -0.2) is 42.1 Å². The summed E-state index contributed by atoms with van der Waals surface area (Å²) >= 11 is 0. The molecule has 0 aromatic carbocycles. The molecule has 1 aromatic heterocycles. The van der Waals surface area contributed by atoms with Crippen LogP contribution >= 0.6 is 0 Å². The number of rotatable bonds is 2. The predicted molar refractivity (Wildman–Crippen MR) is 73.7 cm³/mol. The second-order valence-electron chi connectivity index (χ2n) is 5.46. The molecule has 18 heavy (non-hydrogen) atoms. The van der Waals surface area contributed by atoms with Crippen molar-refractivity contribution in [2.45, 2.75) is 32.4 Å². The number of pyridine rings is 1. The van der Waals surface area contributed by atoms with Crippen LogP contribution in [0.4, 0.5) is 5.82 Å². The van der Waals surface area contributed by atoms with E-state index in [1.807, 2.05) is 0 Å². The van der Waals surface area contributed by atoms with Crippen LogP contribution in [0, 0.1) is 6.92 Å². The topological polar surface area (TPSA) is 45.4 Å². The maximum atomic E-state index is 5.75. The number of piperazine rings is 1. The smallest absolute Gasteiger partial charge is 0.129 e. The maximum Gasteiger partial charge on any atom is 0.129 e. The van der Waals surface area contributed by atoms with E-state index in [2.05, 4.69) is 33.8 Å². The second kappa shape index (κ2) is 4.86. The van der Waals surface area contributed by atoms with Crippen molar-refractivity contribution in [3.05, 3.63) is 23.4 Å². The molecule has 2 N–H and O–H groups in total. The zero-order valence-electron chi connectivity index (χ0n) is 11.1. The number of hydrogen-bond acceptors (Lipinski definition) is 4. The number of aromatic nitrogens is 1. The molecule has 2 aliphatic rings. The molecule has 0 bridgehead atoms. The summed E-state index contributed by atoms with van der Waals surface area (Å²) in [5.41, 5.74) is 8.01. The average molecular weight is 246 g/mol. The van der Waals surface area contributed by atoms with Crippen molar-refractivity contribution in [1.82, 2.24) is 9.88 Å². The SMILES string of the molecule is Cc1cc(CN)cc(N2CCN3CCCC3C2)n1. The molecule has 0 amide bonds. The number of fused-ring (bicyclic) bond motifs is 1. The van der Waals surface area contributed by atoms with Crippen LogP contribution in [0.3, 0.4) is 0 Å². The summed E-state index contributed by atoms with van der Waals surface area (Å²) in [6, 6.07) is 4.97. The Labute approximate surface area is 109 Å². The monoisotopic (exact) mass is 246 g/mol. The maximum absolute atomic E-state index is 5.75. The first-order valence-electron chi connectivity index (χ1n) is 6.93. The largest absolute Gasteiger partial charge is 0.354 e. The molecule has 2 saturated heterocycles. The van der Waals surface area contributed by atoms with Gasteiger partial charge in [0.2, 0.25) is 0 Å². The lowest BCUT2D eigenvalue weighted by Gasteiger charge is -2.38. The van der Waals surface area contributed by atoms with E-state index in [1.165, 1.54) is 31.5 Å². The molecule has 2 aliphatic heterocycles. The van der Waals surface area contributed by atoms with E-state index in [1.54, 1.807) is 0 Å². The average Bonchev–Trinajstić information content (AvgIpc) is 2.85. The van der Waals surface area contributed by atoms with E-state index >= 15 is 0 Å². The fraction of sp³-hybridized carbons (Fsp3) is 0.643. The van der Waals surface area contributed by atoms with Crippen molar-refractivity contribution < 1.29 is 0 Å². The third-order valence-electron chi connectivity index (χ3n) is 4.15. The van der Waals surface area contributed by atoms with Crippen LogP contribution in [0.15, 0.2) is 12.1 Å². The molecule has 1 unspecified atom stereocenters. The third kappa shape index (κ3) is 2.22. The van der Waals surface area contributed by atoms with Gasteiger partial charge in [-0.1, -0.05) is 0 Å². The highest BCUT2D eigenvalue weighted by Crippen LogP contribution is 2.25. The van der Waals surface area contributed by atoms with Gasteiger partial charge >= 0.3 is 0 Å². The van der Waals surface area contributed by atoms with Gasteiger partial charge in [0.15, 0.2) is 0 Å². The Morgan fingerprint density at radius 3 is 3.06 bits per heavy atom. The summed E-state index contributed by atoms with van der Waals surface area (Å²) in [6.07, 6.45) is 2.69. The van der Waals surface area contributed by atoms with Crippen molar-refractivity contribution in [2.75, 3.05) is 31.1 Å². The third-order valence-corrected chi connectivity index (χ3v) is 4.15. The highest BCUT2D eigenvalue weighted by molar-refractivity contribution is 5.43. The van der Waals surface area contributed by atoms with E-state index in [0.29, 0.717) is 6.54 Å². The molecule has 0 radical (unpaired) electrons. The predicted octanol–water partition coefficient (Wildman–Crippen LogP) is 1.13. The molecule has 0 saturated carbocycles. The zero-order valence-corrected chi connectivity index (χ0v) is 11.1. The van der Waals surface area contributed by atoms with Crippen molar-refractivity contribution in [3.8, 4) is 0 Å². The molecule has 3 rings (SSSR count). The molecule has 1 atom stereocenters. The van der Waals surface area contributed by atoms with Crippen LogP contribution in [0.25, 0.3) is 0 Å². The summed E-state index contributed by atoms with van der Waals surface area (Å²) in [7, 11) is 0. The van der Waals surface area contributed by atoms with Crippen molar-refractivity contribution in [1.29, 1.82) is 0 Å². The quantitative estimate of drug-likeness (QED) is 0.850. The number of nitrogens with two attached hydrogens (primary N) is 1. The molecule has 1 aromatic rings. The fourth-order valence-corrected chi connectivity index (χ4v) is 3.20. The Morgan fingerprint density at radius 1 is 1.33 bits per heavy atom. The standard InChI is InChI=1S/C14H22N4/c1-11-7-12(9-15)8-14(16-11)18-6-5-17-4-2-3-13(17)10-18/h7-8,13H,2-6,9-10,15H2,1H3. The first-order valence-corrected chi connectivity index (χ1v) is 6.93. The van der Waals surface area contributed by atoms with Gasteiger partial charge in [-0.15, -0.1) is 0 Å². The molecule has 4 heteroatoms. The summed E-state index contributed by atoms with van der Waals surface area (Å²) in [6.45, 7) is 7.33. The minimum Gasteiger partial charge on any atom is -0.354 e. The van der Waals surface area contributed by atoms with Gasteiger partial charge in [-0.2, -0.15) is 0 Å². The van der Waals surface area contributed by atoms with Crippen LogP contribution in [0.2, 0.25) is 0 Å². The first-order chi connectivity index (χ1) is 8.76. The summed E-state index contributed by atoms with van der Waals surface area (Å²) in [5, 5.41) is 0. The molecular formula is C14H22N4. The minimum atomic E-state index is 0.597. The summed E-state index contributed by atoms with van der Waals surface area (Å²) in [5.74, 6) is 1.11. The van der Waals surface area contributed by atoms with Gasteiger partial charge in [-0.05, 0) is 44.0 Å². The molecular weight excluding hydrogens is 224 g/mol. The van der Waals surface area contributed by atoms with Gasteiger partial charge in [-0.25, -0.2) is 4.98 Å². The lowest BCUT2D eigenvalue weighted by Crippen LogP contribution is -2.50. The van der Waals surface area contributed by atoms with E-state index in [0.717, 1.165) is 30.6 Å². The van der Waals surface area contributed by atoms with Crippen molar-refractivity contribution >= 4 is 5.82 Å². The Bertz CT molecular complexity index is 432. The molecule has 0 spiro atoms. The number of nitrogens with zero attached hydrogens (tertiary/aromatic N) is 3. The van der Waals surface area contributed by atoms with Crippen LogP contribution < -0.4 is 10.6 Å². The highest BCUT2D eigenvalue weighted by atomic mass is 15.3. The summed E-state index contributed by atoms with van der Waals surface area (Å²) in [4.78, 5) is 9.72. The van der Waals surface area contributed by atoms with E-state index in [9.17, 15) is 0 Å². The lowest BCUT2D eigenvalue weighted by atomic mass is 10.1. The van der Waals surface area contributed by atoms with E-state index < -0.39 is 0 Å². The Hall–Kier alpha value is -1.13. The number of aryl methyl sites for hydroxylation is 1. The van der Waals surface area contributed by atoms with Gasteiger partial charge in [0.05, 0.1) is 0 Å². The minimum absolute atomic E-state index is 0.597. The zero-order chi connectivity index (χ0) is 12.5. The Kier molecular flexibility index (Phi) is 3.22.